The summed E-state index contributed by atoms with van der Waals surface area (Å²) < 4.78 is 257. The number of rotatable bonds is 21. The highest BCUT2D eigenvalue weighted by Crippen LogP contribution is 2.64. The lowest BCUT2D eigenvalue weighted by atomic mass is 9.88. The molecule has 0 spiro atoms. The number of alkyl halides is 17. The maximum atomic E-state index is 15.0. The van der Waals surface area contributed by atoms with E-state index < -0.39 is 97.5 Å². The number of pyridine rings is 1. The molecule has 2 N–H and O–H groups in total. The molecule has 0 atom stereocenters. The van der Waals surface area contributed by atoms with Crippen LogP contribution in [0, 0.1) is 0 Å². The maximum absolute atomic E-state index is 15.0. The summed E-state index contributed by atoms with van der Waals surface area (Å²) >= 11 is 0. The Labute approximate surface area is 467 Å². The molecule has 1 heterocycles. The predicted molar refractivity (Wildman–Crippen MR) is 276 cm³/mol. The van der Waals surface area contributed by atoms with Crippen molar-refractivity contribution in [1.29, 1.82) is 0 Å². The molecule has 444 valence electrons. The first-order valence-electron chi connectivity index (χ1n) is 24.9. The molecule has 0 saturated carbocycles. The van der Waals surface area contributed by atoms with Crippen LogP contribution in [0.5, 0.6) is 28.7 Å². The van der Waals surface area contributed by atoms with Crippen molar-refractivity contribution < 1.29 is 109 Å². The third-order valence-corrected chi connectivity index (χ3v) is 14.0. The summed E-state index contributed by atoms with van der Waals surface area (Å²) in [6.45, 7) is -2.44. The van der Waals surface area contributed by atoms with Crippen molar-refractivity contribution in [1.82, 2.24) is 4.98 Å². The number of carbonyl (C=O) groups is 2. The molecule has 9 rings (SSSR count). The number of fused-ring (bicyclic) bond motifs is 4. The topological polar surface area (TPSA) is 115 Å². The van der Waals surface area contributed by atoms with Crippen LogP contribution >= 0.6 is 0 Å². The van der Waals surface area contributed by atoms with E-state index >= 15 is 8.78 Å². The van der Waals surface area contributed by atoms with Crippen LogP contribution < -0.4 is 14.2 Å². The highest BCUT2D eigenvalue weighted by atomic mass is 19.4. The Morgan fingerprint density at radius 3 is 1.14 bits per heavy atom. The molecule has 85 heavy (non-hydrogen) atoms. The van der Waals surface area contributed by atoms with Crippen LogP contribution in [0.4, 0.5) is 74.6 Å². The van der Waals surface area contributed by atoms with Crippen LogP contribution in [0.15, 0.2) is 146 Å². The molecular formula is C60H38F17NO7. The zero-order valence-corrected chi connectivity index (χ0v) is 42.9. The van der Waals surface area contributed by atoms with E-state index in [9.17, 15) is 85.7 Å². The minimum atomic E-state index is -8.77. The van der Waals surface area contributed by atoms with Crippen LogP contribution in [0.1, 0.15) is 44.9 Å². The van der Waals surface area contributed by atoms with Gasteiger partial charge in [0.2, 0.25) is 0 Å². The molecule has 25 heteroatoms. The Bertz CT molecular complexity index is 3850. The molecule has 0 saturated heterocycles. The van der Waals surface area contributed by atoms with Gasteiger partial charge in [-0.15, -0.1) is 0 Å². The lowest BCUT2D eigenvalue weighted by molar-refractivity contribution is -0.461. The number of benzene rings is 8. The zero-order chi connectivity index (χ0) is 61.9. The molecule has 0 fully saturated rings. The molecule has 1 aromatic heterocycles. The maximum Gasteiger partial charge on any atom is 0.460 e. The number of halogens is 17. The van der Waals surface area contributed by atoms with Crippen molar-refractivity contribution in [3.8, 4) is 51.0 Å². The van der Waals surface area contributed by atoms with E-state index in [1.54, 1.807) is 109 Å². The Hall–Kier alpha value is -8.90. The van der Waals surface area contributed by atoms with E-state index in [2.05, 4.69) is 4.98 Å². The summed E-state index contributed by atoms with van der Waals surface area (Å²) in [4.78, 5) is 29.1. The van der Waals surface area contributed by atoms with Crippen molar-refractivity contribution in [3.05, 3.63) is 168 Å². The van der Waals surface area contributed by atoms with Gasteiger partial charge in [0.1, 0.15) is 42.0 Å². The van der Waals surface area contributed by atoms with Crippen molar-refractivity contribution >= 4 is 55.7 Å². The van der Waals surface area contributed by atoms with Gasteiger partial charge in [-0.1, -0.05) is 109 Å². The first-order chi connectivity index (χ1) is 39.8. The van der Waals surface area contributed by atoms with E-state index in [1.165, 1.54) is 24.3 Å². The molecule has 0 aliphatic heterocycles. The van der Waals surface area contributed by atoms with Gasteiger partial charge in [-0.3, -0.25) is 14.6 Å². The van der Waals surface area contributed by atoms with Crippen LogP contribution in [0.3, 0.4) is 0 Å². The first kappa shape index (κ1) is 60.7. The van der Waals surface area contributed by atoms with Gasteiger partial charge in [-0.25, -0.2) is 0 Å². The smallest absolute Gasteiger partial charge is 0.460 e. The second-order valence-corrected chi connectivity index (χ2v) is 19.3. The lowest BCUT2D eigenvalue weighted by Crippen LogP contribution is -2.74. The van der Waals surface area contributed by atoms with Gasteiger partial charge in [0.15, 0.2) is 12.6 Å². The summed E-state index contributed by atoms with van der Waals surface area (Å²) in [6, 6.07) is 38.5. The summed E-state index contributed by atoms with van der Waals surface area (Å²) in [7, 11) is 0. The van der Waals surface area contributed by atoms with Crippen LogP contribution in [-0.2, 0) is 13.2 Å². The highest BCUT2D eigenvalue weighted by molar-refractivity contribution is 6.13. The fourth-order valence-electron chi connectivity index (χ4n) is 9.65. The Morgan fingerprint density at radius 1 is 0.400 bits per heavy atom. The fourth-order valence-corrected chi connectivity index (χ4v) is 9.65. The summed E-state index contributed by atoms with van der Waals surface area (Å²) in [5.41, 5.74) is 0.417. The Balaban J connectivity index is 1.07. The second kappa shape index (κ2) is 21.9. The molecule has 0 aliphatic rings. The second-order valence-electron chi connectivity index (χ2n) is 19.3. The molecule has 8 nitrogen and oxygen atoms in total. The van der Waals surface area contributed by atoms with E-state index in [-0.39, 0.29) is 56.3 Å². The van der Waals surface area contributed by atoms with Crippen molar-refractivity contribution in [3.63, 3.8) is 0 Å². The standard InChI is InChI=1S/C60H38F17NO7/c61-53(62,54(63,64)55(65,66)56(67,68)57(69,70)58(71,72)59(73,74)60(75,76)77)22-9-23-83-40-26-38(30-84-45-20-18-32-10-1-5-14-41(32)47(45)49-43-16-7-3-12-34(43)24-36(28-79)51(49)81)78-39(27-40)31-85-46-21-19-33-11-2-6-15-42(33)48(46)50-44-17-8-4-13-35(44)25-37(29-80)52(50)82/h1-8,10-21,24-29,81-82H,9,22-23,30-31H2. The number of phenols is 2. The van der Waals surface area contributed by atoms with Crippen molar-refractivity contribution in [2.45, 2.75) is 73.7 Å². The largest absolute Gasteiger partial charge is 0.507 e. The van der Waals surface area contributed by atoms with Gasteiger partial charge in [0.05, 0.1) is 29.1 Å². The third-order valence-electron chi connectivity index (χ3n) is 14.0. The van der Waals surface area contributed by atoms with Gasteiger partial charge in [0, 0.05) is 40.8 Å². The van der Waals surface area contributed by atoms with Gasteiger partial charge < -0.3 is 24.4 Å². The van der Waals surface area contributed by atoms with E-state index in [0.29, 0.717) is 55.7 Å². The van der Waals surface area contributed by atoms with Gasteiger partial charge in [-0.05, 0) is 73.8 Å². The lowest BCUT2D eigenvalue weighted by Gasteiger charge is -2.42. The number of aldehydes is 2. The molecule has 8 aromatic carbocycles. The number of carbonyl (C=O) groups excluding carboxylic acids is 2. The highest BCUT2D eigenvalue weighted by Gasteiger charge is 2.95. The number of hydrogen-bond acceptors (Lipinski definition) is 8. The number of nitrogens with zero attached hydrogens (tertiary/aromatic N) is 1. The fraction of sp³-hybridized carbons (Fsp3) is 0.217. The molecule has 0 radical (unpaired) electrons. The molecule has 0 amide bonds. The Kier molecular flexibility index (Phi) is 15.7. The van der Waals surface area contributed by atoms with Gasteiger partial charge >= 0.3 is 47.6 Å². The number of aromatic nitrogens is 1. The van der Waals surface area contributed by atoms with E-state index in [4.69, 9.17) is 14.2 Å². The van der Waals surface area contributed by atoms with Gasteiger partial charge in [-0.2, -0.15) is 74.6 Å². The number of phenolic OH excluding ortho intramolecular Hbond substituents is 2. The summed E-state index contributed by atoms with van der Waals surface area (Å²) in [5.74, 6) is -58.6. The molecule has 9 aromatic rings. The number of hydrogen-bond donors (Lipinski definition) is 2. The Morgan fingerprint density at radius 2 is 0.753 bits per heavy atom. The van der Waals surface area contributed by atoms with Crippen LogP contribution in [-0.4, -0.2) is 82.0 Å². The van der Waals surface area contributed by atoms with Crippen molar-refractivity contribution in [2.75, 3.05) is 6.61 Å². The first-order valence-corrected chi connectivity index (χ1v) is 24.9. The SMILES string of the molecule is O=Cc1cc2ccccc2c(-c2c(OCc3cc(OCCCC(F)(F)C(F)(F)C(F)(F)C(F)(F)C(F)(F)C(F)(F)C(F)(F)C(F)(F)F)cc(COc4ccc5ccccc5c4-c4c(O)c(C=O)cc5ccccc45)n3)ccc3ccccc23)c1O. The van der Waals surface area contributed by atoms with E-state index in [1.807, 2.05) is 0 Å². The van der Waals surface area contributed by atoms with Gasteiger partial charge in [0.25, 0.3) is 0 Å². The van der Waals surface area contributed by atoms with Crippen LogP contribution in [0.25, 0.3) is 65.3 Å². The average molecular weight is 1210 g/mol. The number of ether oxygens (including phenoxy) is 3. The molecule has 0 unspecified atom stereocenters. The predicted octanol–water partition coefficient (Wildman–Crippen LogP) is 17.4. The average Bonchev–Trinajstić information content (AvgIpc) is 0.733. The monoisotopic (exact) mass is 1210 g/mol. The molecule has 0 aliphatic carbocycles. The third kappa shape index (κ3) is 10.2. The molecule has 0 bridgehead atoms. The minimum Gasteiger partial charge on any atom is -0.507 e. The van der Waals surface area contributed by atoms with Crippen molar-refractivity contribution in [2.24, 2.45) is 0 Å². The summed E-state index contributed by atoms with van der Waals surface area (Å²) in [5, 5.41) is 27.6. The minimum absolute atomic E-state index is 0.0552. The van der Waals surface area contributed by atoms with Crippen LogP contribution in [0.2, 0.25) is 0 Å². The quantitative estimate of drug-likeness (QED) is 0.0415. The number of aromatic hydroxyl groups is 2. The van der Waals surface area contributed by atoms with E-state index in [0.717, 1.165) is 12.1 Å². The summed E-state index contributed by atoms with van der Waals surface area (Å²) in [6.07, 6.45) is -11.4. The normalized spacial score (nSPS) is 13.2. The zero-order valence-electron chi connectivity index (χ0n) is 42.9. The molecular weight excluding hydrogens is 1170 g/mol.